The number of imidazole rings is 1. The van der Waals surface area contributed by atoms with E-state index in [-0.39, 0.29) is 20.9 Å². The fourth-order valence-corrected chi connectivity index (χ4v) is 5.25. The molecule has 0 atom stereocenters. The summed E-state index contributed by atoms with van der Waals surface area (Å²) in [4.78, 5) is 9.00. The first-order chi connectivity index (χ1) is 14.7. The highest BCUT2D eigenvalue weighted by Crippen LogP contribution is 2.31. The largest absolute Gasteiger partial charge is 0.434 e. The summed E-state index contributed by atoms with van der Waals surface area (Å²) in [6.45, 7) is 9.06. The Balaban J connectivity index is 1.77. The Bertz CT molecular complexity index is 1240. The Morgan fingerprint density at radius 3 is 2.48 bits per heavy atom. The number of aliphatic hydroxyl groups is 2. The molecular weight excluding hydrogens is 412 g/mol. The molecule has 3 aromatic rings. The monoisotopic (exact) mass is 439 g/mol. The molecule has 0 amide bonds. The number of nitrogens with zero attached hydrogens (tertiary/aromatic N) is 4. The van der Waals surface area contributed by atoms with Gasteiger partial charge >= 0.3 is 0 Å². The molecule has 0 aliphatic carbocycles. The minimum atomic E-state index is -3.76. The van der Waals surface area contributed by atoms with Crippen LogP contribution in [0.25, 0.3) is 11.0 Å². The number of rotatable bonds is 4. The van der Waals surface area contributed by atoms with Gasteiger partial charge in [-0.05, 0) is 36.2 Å². The predicted octanol–water partition coefficient (Wildman–Crippen LogP) is 3.37. The first kappa shape index (κ1) is 21.5. The third-order valence-electron chi connectivity index (χ3n) is 5.69. The second-order valence-electron chi connectivity index (χ2n) is 9.06. The van der Waals surface area contributed by atoms with Crippen LogP contribution in [0.5, 0.6) is 0 Å². The van der Waals surface area contributed by atoms with E-state index in [1.807, 2.05) is 12.1 Å². The third-order valence-corrected chi connectivity index (χ3v) is 7.43. The number of pyridine rings is 1. The van der Waals surface area contributed by atoms with E-state index in [4.69, 9.17) is 10.2 Å². The lowest BCUT2D eigenvalue weighted by Crippen LogP contribution is -2.26. The molecule has 31 heavy (non-hydrogen) atoms. The second kappa shape index (κ2) is 8.06. The maximum atomic E-state index is 13.1. The van der Waals surface area contributed by atoms with Gasteiger partial charge in [-0.15, -0.1) is 0 Å². The minimum Gasteiger partial charge on any atom is -0.434 e. The number of nitriles is 1. The first-order valence-electron chi connectivity index (χ1n) is 10.5. The molecule has 0 bridgehead atoms. The number of fused-ring (bicyclic) bond motifs is 1. The number of ether oxygens (including phenoxy) is 1. The summed E-state index contributed by atoms with van der Waals surface area (Å²) in [5, 5.41) is 8.90. The minimum absolute atomic E-state index is 0.0623. The van der Waals surface area contributed by atoms with E-state index < -0.39 is 9.84 Å². The van der Waals surface area contributed by atoms with Crippen molar-refractivity contribution in [2.75, 3.05) is 13.2 Å². The van der Waals surface area contributed by atoms with Gasteiger partial charge in [-0.1, -0.05) is 20.8 Å². The van der Waals surface area contributed by atoms with Gasteiger partial charge in [0.05, 0.1) is 20.8 Å². The van der Waals surface area contributed by atoms with E-state index in [0.29, 0.717) is 11.4 Å². The molecule has 3 heterocycles. The van der Waals surface area contributed by atoms with Crippen LogP contribution in [0, 0.1) is 17.2 Å². The lowest BCUT2D eigenvalue weighted by atomic mass is 9.94. The number of hydrogen-bond acceptors (Lipinski definition) is 5. The average Bonchev–Trinajstić information content (AvgIpc) is 3.13. The summed E-state index contributed by atoms with van der Waals surface area (Å²) in [6, 6.07) is 9.86. The van der Waals surface area contributed by atoms with Crippen LogP contribution in [0.4, 0.5) is 0 Å². The molecule has 162 valence electrons. The van der Waals surface area contributed by atoms with Crippen molar-refractivity contribution in [2.24, 2.45) is 5.92 Å². The Hall–Kier alpha value is -2.76. The zero-order valence-electron chi connectivity index (χ0n) is 18.0. The summed E-state index contributed by atoms with van der Waals surface area (Å²) in [7, 11) is -3.76. The number of sulfone groups is 1. The van der Waals surface area contributed by atoms with E-state index in [9.17, 15) is 8.42 Å². The van der Waals surface area contributed by atoms with Crippen LogP contribution in [-0.4, -0.2) is 40.9 Å². The van der Waals surface area contributed by atoms with Crippen molar-refractivity contribution < 1.29 is 13.2 Å². The molecule has 1 N–H and O–H groups in total. The zero-order valence-corrected chi connectivity index (χ0v) is 18.9. The highest BCUT2D eigenvalue weighted by atomic mass is 32.2. The van der Waals surface area contributed by atoms with E-state index >= 15 is 0 Å². The first-order valence-corrected chi connectivity index (χ1v) is 11.9. The fourth-order valence-electron chi connectivity index (χ4n) is 4.02. The van der Waals surface area contributed by atoms with E-state index in [1.54, 1.807) is 12.1 Å². The lowest BCUT2D eigenvalue weighted by molar-refractivity contribution is -0.0810. The molecule has 1 saturated heterocycles. The van der Waals surface area contributed by atoms with Gasteiger partial charge in [0, 0.05) is 31.0 Å². The van der Waals surface area contributed by atoms with Gasteiger partial charge in [-0.3, -0.25) is 0 Å². The van der Waals surface area contributed by atoms with Crippen LogP contribution in [0.1, 0.15) is 45.1 Å². The van der Waals surface area contributed by atoms with Gasteiger partial charge in [0.1, 0.15) is 30.8 Å². The van der Waals surface area contributed by atoms with Gasteiger partial charge in [0.15, 0.2) is 0 Å². The smallest absolute Gasteiger partial charge is 0.208 e. The standard InChI is InChI=1S/C23H26N4O3S/c1-23(2,3)22-26-20-12-18(31(28,29)19-5-4-17(13-24)25-14-19)6-7-21(20)27(22)15-16-8-10-30-11-9-16/h4-7,12,14,16H,8-11,15H2,1-3H3/p+1. The van der Waals surface area contributed by atoms with Crippen molar-refractivity contribution >= 4 is 20.9 Å². The van der Waals surface area contributed by atoms with Crippen molar-refractivity contribution in [3.63, 3.8) is 0 Å². The summed E-state index contributed by atoms with van der Waals surface area (Å²) in [6.07, 6.45) is 3.37. The molecule has 0 saturated carbocycles. The second-order valence-corrected chi connectivity index (χ2v) is 11.0. The molecule has 4 rings (SSSR count). The molecule has 7 nitrogen and oxygen atoms in total. The number of benzene rings is 1. The molecule has 1 aromatic carbocycles. The molecule has 0 radical (unpaired) electrons. The van der Waals surface area contributed by atoms with Crippen molar-refractivity contribution in [3.05, 3.63) is 48.0 Å². The van der Waals surface area contributed by atoms with E-state index in [0.717, 1.165) is 43.9 Å². The van der Waals surface area contributed by atoms with Crippen LogP contribution in [-0.2, 0) is 21.8 Å². The molecule has 1 aliphatic rings. The highest BCUT2D eigenvalue weighted by molar-refractivity contribution is 7.91. The van der Waals surface area contributed by atoms with Crippen LogP contribution >= 0.6 is 0 Å². The highest BCUT2D eigenvalue weighted by Gasteiger charge is 2.27. The van der Waals surface area contributed by atoms with Gasteiger partial charge in [0.2, 0.25) is 9.84 Å². The molecule has 0 unspecified atom stereocenters. The lowest BCUT2D eigenvalue weighted by Gasteiger charge is -2.25. The maximum absolute atomic E-state index is 13.1. The van der Waals surface area contributed by atoms with Crippen molar-refractivity contribution in [1.82, 2.24) is 14.5 Å². The van der Waals surface area contributed by atoms with E-state index in [1.165, 1.54) is 18.3 Å². The van der Waals surface area contributed by atoms with E-state index in [2.05, 4.69) is 35.1 Å². The molecular formula is C23H27N4O3S+. The van der Waals surface area contributed by atoms with Gasteiger partial charge < -0.3 is 9.30 Å². The quantitative estimate of drug-likeness (QED) is 0.580. The number of aromatic nitrogens is 3. The van der Waals surface area contributed by atoms with Gasteiger partial charge in [-0.25, -0.2) is 18.4 Å². The van der Waals surface area contributed by atoms with Crippen molar-refractivity contribution in [2.45, 2.75) is 55.4 Å². The number of hydrogen-bond donors (Lipinski definition) is 0. The summed E-state index contributed by atoms with van der Waals surface area (Å²) < 4.78 is 32.9. The fraction of sp³-hybridized carbons (Fsp3) is 0.435. The Labute approximate surface area is 182 Å². The van der Waals surface area contributed by atoms with Crippen LogP contribution < -0.4 is 0 Å². The zero-order chi connectivity index (χ0) is 22.2. The molecule has 0 spiro atoms. The maximum Gasteiger partial charge on any atom is 0.208 e. The van der Waals surface area contributed by atoms with Crippen LogP contribution in [0.3, 0.4) is 0 Å². The van der Waals surface area contributed by atoms with Gasteiger partial charge in [-0.2, -0.15) is 5.26 Å². The average molecular weight is 440 g/mol. The third kappa shape index (κ3) is 4.21. The van der Waals surface area contributed by atoms with Crippen molar-refractivity contribution in [3.8, 4) is 6.07 Å². The molecule has 8 heteroatoms. The Kier molecular flexibility index (Phi) is 5.58. The summed E-state index contributed by atoms with van der Waals surface area (Å²) >= 11 is 0. The predicted molar refractivity (Wildman–Crippen MR) is 118 cm³/mol. The Morgan fingerprint density at radius 1 is 1.16 bits per heavy atom. The topological polar surface area (TPSA) is 101 Å². The summed E-state index contributed by atoms with van der Waals surface area (Å²) in [5.41, 5.74) is 1.63. The summed E-state index contributed by atoms with van der Waals surface area (Å²) in [5.74, 6) is 1.50. The van der Waals surface area contributed by atoms with Crippen molar-refractivity contribution in [1.29, 1.82) is 5.26 Å². The SMILES string of the molecule is CC(C)(C)c1nc2cc(S(=O)(=O)c3ccc(C#N)nc3)ccc2n1CC1CC[OH+]CC1. The van der Waals surface area contributed by atoms with Gasteiger partial charge in [0.25, 0.3) is 0 Å². The van der Waals surface area contributed by atoms with Crippen LogP contribution in [0.15, 0.2) is 46.3 Å². The molecule has 1 aliphatic heterocycles. The molecule has 1 fully saturated rings. The normalized spacial score (nSPS) is 15.8. The Morgan fingerprint density at radius 2 is 1.87 bits per heavy atom. The van der Waals surface area contributed by atoms with Crippen LogP contribution in [0.2, 0.25) is 0 Å². The molecule has 2 aromatic heterocycles.